The predicted octanol–water partition coefficient (Wildman–Crippen LogP) is 2.60. The van der Waals surface area contributed by atoms with E-state index in [-0.39, 0.29) is 5.54 Å². The first-order valence-corrected chi connectivity index (χ1v) is 5.78. The second-order valence-electron chi connectivity index (χ2n) is 4.04. The Morgan fingerprint density at radius 2 is 2.38 bits per heavy atom. The molecule has 0 bridgehead atoms. The van der Waals surface area contributed by atoms with Gasteiger partial charge in [0.1, 0.15) is 0 Å². The molecular formula is C10H16N2S. The van der Waals surface area contributed by atoms with Crippen molar-refractivity contribution in [1.82, 2.24) is 4.98 Å². The van der Waals surface area contributed by atoms with Gasteiger partial charge in [-0.2, -0.15) is 0 Å². The van der Waals surface area contributed by atoms with E-state index in [0.29, 0.717) is 5.92 Å². The lowest BCUT2D eigenvalue weighted by molar-refractivity contribution is 0.682. The zero-order chi connectivity index (χ0) is 9.47. The van der Waals surface area contributed by atoms with Crippen molar-refractivity contribution in [3.63, 3.8) is 0 Å². The van der Waals surface area contributed by atoms with E-state index in [9.17, 15) is 0 Å². The van der Waals surface area contributed by atoms with Crippen LogP contribution in [0.5, 0.6) is 0 Å². The summed E-state index contributed by atoms with van der Waals surface area (Å²) >= 11 is 1.76. The standard InChI is InChI=1S/C10H16N2S/c1-3-7(2)9-12-8(6-13-9)10(11)4-5-10/h6-7H,3-5,11H2,1-2H3. The van der Waals surface area contributed by atoms with E-state index in [0.717, 1.165) is 25.0 Å². The molecule has 0 saturated heterocycles. The van der Waals surface area contributed by atoms with Gasteiger partial charge < -0.3 is 5.73 Å². The zero-order valence-electron chi connectivity index (χ0n) is 8.21. The minimum atomic E-state index is -0.0534. The largest absolute Gasteiger partial charge is 0.320 e. The Balaban J connectivity index is 2.18. The lowest BCUT2D eigenvalue weighted by Gasteiger charge is -2.04. The van der Waals surface area contributed by atoms with Crippen LogP contribution in [0.2, 0.25) is 0 Å². The average molecular weight is 196 g/mol. The molecule has 0 spiro atoms. The molecule has 2 rings (SSSR count). The van der Waals surface area contributed by atoms with Gasteiger partial charge in [0.05, 0.1) is 16.2 Å². The monoisotopic (exact) mass is 196 g/mol. The molecule has 2 nitrogen and oxygen atoms in total. The van der Waals surface area contributed by atoms with Gasteiger partial charge in [-0.1, -0.05) is 13.8 Å². The highest BCUT2D eigenvalue weighted by Crippen LogP contribution is 2.43. The molecule has 1 aliphatic carbocycles. The SMILES string of the molecule is CCC(C)c1nc(C2(N)CC2)cs1. The Kier molecular flexibility index (Phi) is 2.16. The molecule has 1 fully saturated rings. The van der Waals surface area contributed by atoms with Crippen LogP contribution in [0.1, 0.15) is 49.7 Å². The normalized spacial score (nSPS) is 21.5. The van der Waals surface area contributed by atoms with E-state index < -0.39 is 0 Å². The van der Waals surface area contributed by atoms with Crippen molar-refractivity contribution in [1.29, 1.82) is 0 Å². The van der Waals surface area contributed by atoms with Crippen molar-refractivity contribution in [3.8, 4) is 0 Å². The summed E-state index contributed by atoms with van der Waals surface area (Å²) in [4.78, 5) is 4.61. The number of hydrogen-bond acceptors (Lipinski definition) is 3. The molecule has 3 heteroatoms. The third kappa shape index (κ3) is 1.63. The third-order valence-corrected chi connectivity index (χ3v) is 3.93. The van der Waals surface area contributed by atoms with Crippen LogP contribution in [0.15, 0.2) is 5.38 Å². The van der Waals surface area contributed by atoms with E-state index in [1.165, 1.54) is 5.01 Å². The van der Waals surface area contributed by atoms with Gasteiger partial charge in [0.15, 0.2) is 0 Å². The van der Waals surface area contributed by atoms with Gasteiger partial charge in [-0.15, -0.1) is 11.3 Å². The summed E-state index contributed by atoms with van der Waals surface area (Å²) in [6.45, 7) is 4.42. The van der Waals surface area contributed by atoms with Gasteiger partial charge >= 0.3 is 0 Å². The highest BCUT2D eigenvalue weighted by molar-refractivity contribution is 7.09. The van der Waals surface area contributed by atoms with Crippen LogP contribution in [0.3, 0.4) is 0 Å². The van der Waals surface area contributed by atoms with Crippen LogP contribution < -0.4 is 5.73 Å². The third-order valence-electron chi connectivity index (χ3n) is 2.85. The predicted molar refractivity (Wildman–Crippen MR) is 55.9 cm³/mol. The molecule has 1 aliphatic rings. The second-order valence-corrected chi connectivity index (χ2v) is 4.93. The quantitative estimate of drug-likeness (QED) is 0.807. The molecule has 1 aromatic heterocycles. The van der Waals surface area contributed by atoms with E-state index in [4.69, 9.17) is 5.73 Å². The minimum Gasteiger partial charge on any atom is -0.320 e. The first-order valence-electron chi connectivity index (χ1n) is 4.90. The highest BCUT2D eigenvalue weighted by atomic mass is 32.1. The van der Waals surface area contributed by atoms with Gasteiger partial charge in [-0.05, 0) is 19.3 Å². The lowest BCUT2D eigenvalue weighted by Crippen LogP contribution is -2.19. The van der Waals surface area contributed by atoms with E-state index in [1.54, 1.807) is 11.3 Å². The summed E-state index contributed by atoms with van der Waals surface area (Å²) in [7, 11) is 0. The molecule has 1 unspecified atom stereocenters. The molecule has 1 aromatic rings. The number of aromatic nitrogens is 1. The zero-order valence-corrected chi connectivity index (χ0v) is 9.03. The molecule has 1 heterocycles. The summed E-state index contributed by atoms with van der Waals surface area (Å²) in [5, 5.41) is 3.38. The molecule has 13 heavy (non-hydrogen) atoms. The van der Waals surface area contributed by atoms with Crippen molar-refractivity contribution in [2.45, 2.75) is 44.6 Å². The van der Waals surface area contributed by atoms with Crippen LogP contribution in [-0.4, -0.2) is 4.98 Å². The number of hydrogen-bond donors (Lipinski definition) is 1. The number of nitrogens with zero attached hydrogens (tertiary/aromatic N) is 1. The van der Waals surface area contributed by atoms with Gasteiger partial charge in [0, 0.05) is 11.3 Å². The Bertz CT molecular complexity index is 302. The molecule has 72 valence electrons. The van der Waals surface area contributed by atoms with Crippen LogP contribution in [-0.2, 0) is 5.54 Å². The maximum absolute atomic E-state index is 6.07. The van der Waals surface area contributed by atoms with Crippen molar-refractivity contribution in [2.24, 2.45) is 5.73 Å². The molecule has 0 radical (unpaired) electrons. The highest BCUT2D eigenvalue weighted by Gasteiger charge is 2.42. The summed E-state index contributed by atoms with van der Waals surface area (Å²) in [5.74, 6) is 0.584. The fourth-order valence-corrected chi connectivity index (χ4v) is 2.38. The van der Waals surface area contributed by atoms with Crippen LogP contribution in [0.4, 0.5) is 0 Å². The van der Waals surface area contributed by atoms with Crippen molar-refractivity contribution < 1.29 is 0 Å². The Hall–Kier alpha value is -0.410. The fourth-order valence-electron chi connectivity index (χ4n) is 1.31. The first-order chi connectivity index (χ1) is 6.15. The minimum absolute atomic E-state index is 0.0534. The topological polar surface area (TPSA) is 38.9 Å². The van der Waals surface area contributed by atoms with Gasteiger partial charge in [0.2, 0.25) is 0 Å². The van der Waals surface area contributed by atoms with Crippen LogP contribution >= 0.6 is 11.3 Å². The second kappa shape index (κ2) is 3.07. The first kappa shape index (κ1) is 9.16. The Labute approximate surface area is 83.2 Å². The van der Waals surface area contributed by atoms with Gasteiger partial charge in [0.25, 0.3) is 0 Å². The molecule has 0 aliphatic heterocycles. The molecular weight excluding hydrogens is 180 g/mol. The summed E-state index contributed by atoms with van der Waals surface area (Å²) in [6.07, 6.45) is 3.37. The molecule has 1 atom stereocenters. The van der Waals surface area contributed by atoms with Crippen molar-refractivity contribution >= 4 is 11.3 Å². The fraction of sp³-hybridized carbons (Fsp3) is 0.700. The maximum atomic E-state index is 6.07. The van der Waals surface area contributed by atoms with Gasteiger partial charge in [-0.25, -0.2) is 4.98 Å². The van der Waals surface area contributed by atoms with Gasteiger partial charge in [-0.3, -0.25) is 0 Å². The van der Waals surface area contributed by atoms with Crippen molar-refractivity contribution in [3.05, 3.63) is 16.1 Å². The lowest BCUT2D eigenvalue weighted by atomic mass is 10.1. The number of thiazole rings is 1. The van der Waals surface area contributed by atoms with Crippen LogP contribution in [0.25, 0.3) is 0 Å². The molecule has 0 aromatic carbocycles. The van der Waals surface area contributed by atoms with E-state index >= 15 is 0 Å². The molecule has 1 saturated carbocycles. The Morgan fingerprint density at radius 3 is 2.92 bits per heavy atom. The molecule has 2 N–H and O–H groups in total. The maximum Gasteiger partial charge on any atom is 0.0957 e. The smallest absolute Gasteiger partial charge is 0.0957 e. The average Bonchev–Trinajstić information content (AvgIpc) is 2.72. The van der Waals surface area contributed by atoms with Crippen LogP contribution in [0, 0.1) is 0 Å². The van der Waals surface area contributed by atoms with Crippen molar-refractivity contribution in [2.75, 3.05) is 0 Å². The summed E-state index contributed by atoms with van der Waals surface area (Å²) < 4.78 is 0. The molecule has 0 amide bonds. The number of nitrogens with two attached hydrogens (primary N) is 1. The van der Waals surface area contributed by atoms with E-state index in [2.05, 4.69) is 24.2 Å². The van der Waals surface area contributed by atoms with E-state index in [1.807, 2.05) is 0 Å². The Morgan fingerprint density at radius 1 is 1.69 bits per heavy atom. The summed E-state index contributed by atoms with van der Waals surface area (Å²) in [6, 6.07) is 0. The summed E-state index contributed by atoms with van der Waals surface area (Å²) in [5.41, 5.74) is 7.13. The number of rotatable bonds is 3.